The molecule has 6 heteroatoms. The normalized spacial score (nSPS) is 15.1. The van der Waals surface area contributed by atoms with Gasteiger partial charge in [-0.05, 0) is 26.2 Å². The molecule has 94 valence electrons. The Hall–Kier alpha value is -1.01. The Balaban J connectivity index is 2.03. The van der Waals surface area contributed by atoms with Crippen LogP contribution in [0.25, 0.3) is 0 Å². The van der Waals surface area contributed by atoms with Crippen LogP contribution < -0.4 is 5.73 Å². The van der Waals surface area contributed by atoms with E-state index in [9.17, 15) is 0 Å². The molecule has 0 atom stereocenters. The van der Waals surface area contributed by atoms with Crippen LogP contribution in [0.3, 0.4) is 0 Å². The lowest BCUT2D eigenvalue weighted by atomic mass is 10.2. The third-order valence-electron chi connectivity index (χ3n) is 2.83. The van der Waals surface area contributed by atoms with E-state index in [1.165, 1.54) is 12.8 Å². The fourth-order valence-corrected chi connectivity index (χ4v) is 2.03. The molecule has 0 radical (unpaired) electrons. The van der Waals surface area contributed by atoms with Crippen molar-refractivity contribution < 1.29 is 4.74 Å². The van der Waals surface area contributed by atoms with E-state index in [4.69, 9.17) is 22.7 Å². The molecule has 0 bridgehead atoms. The summed E-state index contributed by atoms with van der Waals surface area (Å²) in [4.78, 5) is 0.350. The molecule has 0 aromatic carbocycles. The van der Waals surface area contributed by atoms with Crippen molar-refractivity contribution in [3.8, 4) is 0 Å². The van der Waals surface area contributed by atoms with Gasteiger partial charge >= 0.3 is 0 Å². The van der Waals surface area contributed by atoms with Crippen LogP contribution in [-0.4, -0.2) is 33.2 Å². The molecule has 17 heavy (non-hydrogen) atoms. The predicted molar refractivity (Wildman–Crippen MR) is 69.0 cm³/mol. The number of nitrogens with two attached hydrogens (primary N) is 1. The van der Waals surface area contributed by atoms with E-state index in [1.54, 1.807) is 0 Å². The highest BCUT2D eigenvalue weighted by Gasteiger charge is 2.31. The number of ether oxygens (including phenoxy) is 1. The van der Waals surface area contributed by atoms with Crippen LogP contribution in [0, 0.1) is 0 Å². The van der Waals surface area contributed by atoms with Crippen LogP contribution in [0.15, 0.2) is 0 Å². The molecule has 2 rings (SSSR count). The summed E-state index contributed by atoms with van der Waals surface area (Å²) in [5.74, 6) is 0.550. The van der Waals surface area contributed by atoms with Gasteiger partial charge < -0.3 is 10.5 Å². The Morgan fingerprint density at radius 3 is 2.94 bits per heavy atom. The standard InChI is InChI=1S/C11H18N4OS/c1-2-16-7-3-6-15-10(8-4-5-8)9(11(12)17)13-14-15/h8H,2-7H2,1H3,(H2,12,17). The maximum atomic E-state index is 5.66. The number of hydrogen-bond donors (Lipinski definition) is 1. The highest BCUT2D eigenvalue weighted by atomic mass is 32.1. The van der Waals surface area contributed by atoms with Gasteiger partial charge in [-0.1, -0.05) is 17.4 Å². The lowest BCUT2D eigenvalue weighted by Gasteiger charge is -2.06. The quantitative estimate of drug-likeness (QED) is 0.585. The van der Waals surface area contributed by atoms with E-state index in [2.05, 4.69) is 10.3 Å². The van der Waals surface area contributed by atoms with Gasteiger partial charge in [0.2, 0.25) is 0 Å². The van der Waals surface area contributed by atoms with Crippen LogP contribution in [0.5, 0.6) is 0 Å². The molecule has 0 spiro atoms. The van der Waals surface area contributed by atoms with Crippen molar-refractivity contribution >= 4 is 17.2 Å². The summed E-state index contributed by atoms with van der Waals surface area (Å²) in [6.07, 6.45) is 3.32. The highest BCUT2D eigenvalue weighted by molar-refractivity contribution is 7.80. The Morgan fingerprint density at radius 2 is 2.35 bits per heavy atom. The summed E-state index contributed by atoms with van der Waals surface area (Å²) in [5.41, 5.74) is 7.49. The summed E-state index contributed by atoms with van der Waals surface area (Å²) >= 11 is 5.00. The maximum absolute atomic E-state index is 5.66. The molecule has 0 aliphatic heterocycles. The van der Waals surface area contributed by atoms with E-state index in [-0.39, 0.29) is 0 Å². The second kappa shape index (κ2) is 5.55. The van der Waals surface area contributed by atoms with Gasteiger partial charge in [0.25, 0.3) is 0 Å². The molecule has 1 aromatic rings. The van der Waals surface area contributed by atoms with Crippen molar-refractivity contribution in [3.05, 3.63) is 11.4 Å². The molecule has 2 N–H and O–H groups in total. The monoisotopic (exact) mass is 254 g/mol. The van der Waals surface area contributed by atoms with Crippen molar-refractivity contribution in [2.45, 2.75) is 38.6 Å². The number of aryl methyl sites for hydroxylation is 1. The van der Waals surface area contributed by atoms with Crippen molar-refractivity contribution in [1.82, 2.24) is 15.0 Å². The van der Waals surface area contributed by atoms with Crippen LogP contribution in [0.2, 0.25) is 0 Å². The second-order valence-corrected chi connectivity index (χ2v) is 4.68. The average Bonchev–Trinajstić information content (AvgIpc) is 3.05. The maximum Gasteiger partial charge on any atom is 0.143 e. The van der Waals surface area contributed by atoms with Crippen molar-refractivity contribution in [2.24, 2.45) is 5.73 Å². The largest absolute Gasteiger partial charge is 0.388 e. The Morgan fingerprint density at radius 1 is 1.59 bits per heavy atom. The van der Waals surface area contributed by atoms with Gasteiger partial charge in [-0.3, -0.25) is 0 Å². The van der Waals surface area contributed by atoms with Crippen molar-refractivity contribution in [1.29, 1.82) is 0 Å². The third kappa shape index (κ3) is 3.01. The van der Waals surface area contributed by atoms with E-state index < -0.39 is 0 Å². The number of rotatable bonds is 7. The minimum Gasteiger partial charge on any atom is -0.388 e. The molecule has 0 saturated heterocycles. The zero-order chi connectivity index (χ0) is 12.3. The Kier molecular flexibility index (Phi) is 4.06. The molecule has 1 aliphatic rings. The molecule has 1 heterocycles. The lowest BCUT2D eigenvalue weighted by molar-refractivity contribution is 0.140. The Labute approximate surface area is 106 Å². The van der Waals surface area contributed by atoms with Crippen molar-refractivity contribution in [2.75, 3.05) is 13.2 Å². The molecule has 1 aromatic heterocycles. The number of thiocarbonyl (C=S) groups is 1. The first-order chi connectivity index (χ1) is 8.24. The topological polar surface area (TPSA) is 66.0 Å². The Bertz CT molecular complexity index is 400. The van der Waals surface area contributed by atoms with Crippen molar-refractivity contribution in [3.63, 3.8) is 0 Å². The van der Waals surface area contributed by atoms with Crippen LogP contribution in [0.4, 0.5) is 0 Å². The van der Waals surface area contributed by atoms with Gasteiger partial charge in [0.1, 0.15) is 10.7 Å². The summed E-state index contributed by atoms with van der Waals surface area (Å²) in [6, 6.07) is 0. The summed E-state index contributed by atoms with van der Waals surface area (Å²) in [6.45, 7) is 4.32. The van der Waals surface area contributed by atoms with Crippen LogP contribution >= 0.6 is 12.2 Å². The predicted octanol–water partition coefficient (Wildman–Crippen LogP) is 1.22. The lowest BCUT2D eigenvalue weighted by Crippen LogP contribution is -2.14. The molecular formula is C11H18N4OS. The highest BCUT2D eigenvalue weighted by Crippen LogP contribution is 2.41. The first kappa shape index (κ1) is 12.4. The first-order valence-electron chi connectivity index (χ1n) is 6.05. The average molecular weight is 254 g/mol. The molecule has 1 aliphatic carbocycles. The molecule has 1 fully saturated rings. The summed E-state index contributed by atoms with van der Waals surface area (Å²) in [5, 5.41) is 8.22. The van der Waals surface area contributed by atoms with Crippen LogP contribution in [-0.2, 0) is 11.3 Å². The second-order valence-electron chi connectivity index (χ2n) is 4.24. The minimum atomic E-state index is 0.350. The fraction of sp³-hybridized carbons (Fsp3) is 0.727. The summed E-state index contributed by atoms with van der Waals surface area (Å²) < 4.78 is 7.25. The third-order valence-corrected chi connectivity index (χ3v) is 3.03. The first-order valence-corrected chi connectivity index (χ1v) is 6.45. The van der Waals surface area contributed by atoms with Crippen LogP contribution in [0.1, 0.15) is 43.5 Å². The minimum absolute atomic E-state index is 0.350. The molecule has 1 saturated carbocycles. The van der Waals surface area contributed by atoms with E-state index in [0.717, 1.165) is 31.9 Å². The molecular weight excluding hydrogens is 236 g/mol. The smallest absolute Gasteiger partial charge is 0.143 e. The fourth-order valence-electron chi connectivity index (χ4n) is 1.88. The van der Waals surface area contributed by atoms with E-state index in [0.29, 0.717) is 16.6 Å². The summed E-state index contributed by atoms with van der Waals surface area (Å²) in [7, 11) is 0. The van der Waals surface area contributed by atoms with E-state index in [1.807, 2.05) is 11.6 Å². The van der Waals surface area contributed by atoms with Gasteiger partial charge in [-0.25, -0.2) is 4.68 Å². The SMILES string of the molecule is CCOCCCn1nnc(C(N)=S)c1C1CC1. The zero-order valence-corrected chi connectivity index (χ0v) is 10.9. The molecule has 5 nitrogen and oxygen atoms in total. The van der Waals surface area contributed by atoms with Gasteiger partial charge in [0.05, 0.1) is 5.69 Å². The van der Waals surface area contributed by atoms with E-state index >= 15 is 0 Å². The number of nitrogens with zero attached hydrogens (tertiary/aromatic N) is 3. The number of hydrogen-bond acceptors (Lipinski definition) is 4. The number of aromatic nitrogens is 3. The molecule has 0 amide bonds. The zero-order valence-electron chi connectivity index (χ0n) is 10.1. The van der Waals surface area contributed by atoms with Gasteiger partial charge in [0, 0.05) is 25.7 Å². The van der Waals surface area contributed by atoms with Gasteiger partial charge in [-0.15, -0.1) is 5.10 Å². The molecule has 0 unspecified atom stereocenters. The van der Waals surface area contributed by atoms with Gasteiger partial charge in [-0.2, -0.15) is 0 Å². The van der Waals surface area contributed by atoms with Gasteiger partial charge in [0.15, 0.2) is 0 Å².